The summed E-state index contributed by atoms with van der Waals surface area (Å²) in [6, 6.07) is 3.71. The van der Waals surface area contributed by atoms with E-state index < -0.39 is 41.6 Å². The molecule has 0 saturated carbocycles. The number of aliphatic carboxylic acids is 1. The molecule has 2 bridgehead atoms. The van der Waals surface area contributed by atoms with E-state index in [1.54, 1.807) is 13.2 Å². The smallest absolute Gasteiger partial charge is 0.340 e. The Morgan fingerprint density at radius 2 is 2.16 bits per heavy atom. The Morgan fingerprint density at radius 1 is 1.39 bits per heavy atom. The molecule has 5 rings (SSSR count). The molecule has 1 aromatic carbocycles. The molecule has 166 valence electrons. The number of rotatable bonds is 5. The topological polar surface area (TPSA) is 126 Å². The van der Waals surface area contributed by atoms with Gasteiger partial charge >= 0.3 is 11.9 Å². The summed E-state index contributed by atoms with van der Waals surface area (Å²) in [5.74, 6) is -1.09. The molecule has 0 aromatic heterocycles. The highest BCUT2D eigenvalue weighted by molar-refractivity contribution is 5.81. The van der Waals surface area contributed by atoms with E-state index in [1.807, 2.05) is 19.2 Å². The highest BCUT2D eigenvalue weighted by atomic mass is 16.6. The van der Waals surface area contributed by atoms with Crippen molar-refractivity contribution in [1.82, 2.24) is 4.90 Å². The summed E-state index contributed by atoms with van der Waals surface area (Å²) in [6.45, 7) is 0.728. The molecule has 1 spiro atoms. The van der Waals surface area contributed by atoms with Gasteiger partial charge in [-0.15, -0.1) is 0 Å². The lowest BCUT2D eigenvalue weighted by atomic mass is 9.50. The molecule has 4 aliphatic rings. The number of benzene rings is 1. The van der Waals surface area contributed by atoms with Crippen LogP contribution in [-0.4, -0.2) is 76.7 Å². The van der Waals surface area contributed by atoms with Crippen LogP contribution in [0.15, 0.2) is 24.0 Å². The summed E-state index contributed by atoms with van der Waals surface area (Å²) >= 11 is 0. The number of carboxylic acid groups (broad SMARTS) is 1. The number of methoxy groups -OCH3 is 1. The van der Waals surface area contributed by atoms with E-state index in [2.05, 4.69) is 4.90 Å². The Hall–Kier alpha value is -2.62. The first-order valence-electron chi connectivity index (χ1n) is 10.3. The number of likely N-dealkylation sites (tertiary alicyclic amines) is 1. The van der Waals surface area contributed by atoms with Crippen LogP contribution < -0.4 is 9.47 Å². The monoisotopic (exact) mass is 431 g/mol. The molecule has 1 fully saturated rings. The van der Waals surface area contributed by atoms with Gasteiger partial charge in [-0.2, -0.15) is 0 Å². The van der Waals surface area contributed by atoms with Crippen molar-refractivity contribution in [2.24, 2.45) is 0 Å². The molecule has 0 radical (unpaired) electrons. The average Bonchev–Trinajstić information content (AvgIpc) is 3.07. The average molecular weight is 431 g/mol. The molecule has 1 saturated heterocycles. The second-order valence-electron chi connectivity index (χ2n) is 8.82. The number of carboxylic acids is 1. The molecule has 9 nitrogen and oxygen atoms in total. The van der Waals surface area contributed by atoms with Crippen LogP contribution in [0, 0.1) is 0 Å². The number of hydrogen-bond acceptors (Lipinski definition) is 8. The van der Waals surface area contributed by atoms with Crippen molar-refractivity contribution in [3.05, 3.63) is 35.1 Å². The first-order chi connectivity index (χ1) is 14.7. The van der Waals surface area contributed by atoms with E-state index in [9.17, 15) is 19.8 Å². The molecule has 5 atom stereocenters. The fraction of sp³-hybridized carbons (Fsp3) is 0.545. The van der Waals surface area contributed by atoms with Gasteiger partial charge in [0.1, 0.15) is 5.76 Å². The van der Waals surface area contributed by atoms with Crippen LogP contribution in [0.2, 0.25) is 0 Å². The second kappa shape index (κ2) is 6.69. The van der Waals surface area contributed by atoms with Gasteiger partial charge in [-0.1, -0.05) is 6.07 Å². The number of carbonyl (C=O) groups is 2. The highest BCUT2D eigenvalue weighted by Crippen LogP contribution is 2.65. The summed E-state index contributed by atoms with van der Waals surface area (Å²) in [5.41, 5.74) is 0.00341. The van der Waals surface area contributed by atoms with Crippen molar-refractivity contribution in [3.8, 4) is 11.5 Å². The zero-order valence-corrected chi connectivity index (χ0v) is 17.3. The van der Waals surface area contributed by atoms with Crippen molar-refractivity contribution in [2.75, 3.05) is 20.7 Å². The van der Waals surface area contributed by atoms with Crippen LogP contribution in [0.1, 0.15) is 30.4 Å². The van der Waals surface area contributed by atoms with Crippen LogP contribution in [0.5, 0.6) is 11.5 Å². The normalized spacial score (nSPS) is 33.6. The van der Waals surface area contributed by atoms with Gasteiger partial charge in [-0.05, 0) is 44.1 Å². The van der Waals surface area contributed by atoms with Gasteiger partial charge in [0.15, 0.2) is 23.7 Å². The van der Waals surface area contributed by atoms with E-state index in [1.165, 1.54) is 0 Å². The summed E-state index contributed by atoms with van der Waals surface area (Å²) in [4.78, 5) is 25.4. The van der Waals surface area contributed by atoms with Gasteiger partial charge in [-0.3, -0.25) is 4.79 Å². The minimum absolute atomic E-state index is 0.134. The van der Waals surface area contributed by atoms with Gasteiger partial charge in [0.05, 0.1) is 24.5 Å². The maximum atomic E-state index is 12.4. The highest BCUT2D eigenvalue weighted by Gasteiger charge is 2.72. The van der Waals surface area contributed by atoms with Gasteiger partial charge in [0, 0.05) is 18.0 Å². The number of aliphatic hydroxyl groups is 2. The molecule has 1 aromatic rings. The van der Waals surface area contributed by atoms with E-state index in [0.717, 1.165) is 17.7 Å². The Bertz CT molecular complexity index is 1010. The number of hydrogen-bond donors (Lipinski definition) is 3. The van der Waals surface area contributed by atoms with E-state index in [0.29, 0.717) is 24.3 Å². The van der Waals surface area contributed by atoms with Crippen LogP contribution >= 0.6 is 0 Å². The number of likely N-dealkylation sites (N-methyl/N-ethyl adjacent to an activating group) is 1. The lowest BCUT2D eigenvalue weighted by molar-refractivity contribution is -0.173. The summed E-state index contributed by atoms with van der Waals surface area (Å²) in [7, 11) is 3.55. The van der Waals surface area contributed by atoms with Crippen molar-refractivity contribution < 1.29 is 39.1 Å². The zero-order valence-electron chi connectivity index (χ0n) is 17.3. The van der Waals surface area contributed by atoms with E-state index in [4.69, 9.17) is 19.3 Å². The van der Waals surface area contributed by atoms with Crippen LogP contribution in [-0.2, 0) is 26.2 Å². The molecule has 2 aliphatic heterocycles. The first kappa shape index (κ1) is 20.3. The maximum absolute atomic E-state index is 12.4. The number of ether oxygens (including phenoxy) is 3. The minimum atomic E-state index is -1.79. The minimum Gasteiger partial charge on any atom is -0.493 e. The Kier molecular flexibility index (Phi) is 4.38. The lowest BCUT2D eigenvalue weighted by Crippen LogP contribution is -2.74. The predicted octanol–water partition coefficient (Wildman–Crippen LogP) is 0.352. The quantitative estimate of drug-likeness (QED) is 0.566. The molecule has 2 heterocycles. The number of aliphatic hydroxyl groups excluding tert-OH is 1. The summed E-state index contributed by atoms with van der Waals surface area (Å²) in [6.07, 6.45) is -0.203. The second-order valence-corrected chi connectivity index (χ2v) is 8.82. The molecule has 2 aliphatic carbocycles. The molecule has 0 unspecified atom stereocenters. The van der Waals surface area contributed by atoms with Gasteiger partial charge in [0.25, 0.3) is 0 Å². The molecule has 0 amide bonds. The SMILES string of the molecule is COc1ccc2c3c1O[C@@H]1C(OC(=O)[C@@H](O)CC(=O)O)=CC[C@]4(O)[C@H](C2)N(C)CC[C@@]314. The molecule has 31 heavy (non-hydrogen) atoms. The van der Waals surface area contributed by atoms with E-state index >= 15 is 0 Å². The third-order valence-electron chi connectivity index (χ3n) is 7.42. The third kappa shape index (κ3) is 2.54. The number of esters is 1. The summed E-state index contributed by atoms with van der Waals surface area (Å²) < 4.78 is 17.3. The van der Waals surface area contributed by atoms with Crippen LogP contribution in [0.25, 0.3) is 0 Å². The maximum Gasteiger partial charge on any atom is 0.340 e. The van der Waals surface area contributed by atoms with Crippen molar-refractivity contribution in [3.63, 3.8) is 0 Å². The van der Waals surface area contributed by atoms with Gasteiger partial charge < -0.3 is 34.4 Å². The van der Waals surface area contributed by atoms with Crippen molar-refractivity contribution >= 4 is 11.9 Å². The Balaban J connectivity index is 1.61. The standard InChI is InChI=1S/C22H25NO8/c1-23-8-7-21-17-11-3-4-13(29-2)18(17)31-19(21)14(5-6-22(21,28)15(23)9-11)30-20(27)12(24)10-16(25)26/h3-5,12,15,19,24,28H,6-10H2,1-2H3,(H,25,26)/t12-,15-,19+,21+,22-/m0/s1. The molecular formula is C22H25NO8. The molecular weight excluding hydrogens is 406 g/mol. The van der Waals surface area contributed by atoms with E-state index in [-0.39, 0.29) is 18.2 Å². The number of nitrogens with zero attached hydrogens (tertiary/aromatic N) is 1. The Morgan fingerprint density at radius 3 is 2.87 bits per heavy atom. The molecule has 3 N–H and O–H groups in total. The number of piperidine rings is 1. The third-order valence-corrected chi connectivity index (χ3v) is 7.42. The first-order valence-corrected chi connectivity index (χ1v) is 10.3. The lowest BCUT2D eigenvalue weighted by Gasteiger charge is -2.61. The Labute approximate surface area is 178 Å². The van der Waals surface area contributed by atoms with Gasteiger partial charge in [0.2, 0.25) is 0 Å². The van der Waals surface area contributed by atoms with Crippen molar-refractivity contribution in [1.29, 1.82) is 0 Å². The predicted molar refractivity (Wildman–Crippen MR) is 106 cm³/mol. The van der Waals surface area contributed by atoms with Crippen molar-refractivity contribution in [2.45, 2.75) is 54.9 Å². The largest absolute Gasteiger partial charge is 0.493 e. The molecule has 9 heteroatoms. The fourth-order valence-electron chi connectivity index (χ4n) is 6.02. The van der Waals surface area contributed by atoms with Crippen LogP contribution in [0.4, 0.5) is 0 Å². The summed E-state index contributed by atoms with van der Waals surface area (Å²) in [5, 5.41) is 30.8. The fourth-order valence-corrected chi connectivity index (χ4v) is 6.02. The zero-order chi connectivity index (χ0) is 22.1. The van der Waals surface area contributed by atoms with Gasteiger partial charge in [-0.25, -0.2) is 4.79 Å². The number of carbonyl (C=O) groups excluding carboxylic acids is 1. The van der Waals surface area contributed by atoms with Crippen LogP contribution in [0.3, 0.4) is 0 Å².